The molecule has 3 aromatic carbocycles. The Bertz CT molecular complexity index is 1090. The number of amides is 4. The molecule has 0 unspecified atom stereocenters. The van der Waals surface area contributed by atoms with Crippen LogP contribution in [0.15, 0.2) is 72.8 Å². The number of anilines is 3. The van der Waals surface area contributed by atoms with Crippen LogP contribution in [0, 0.1) is 0 Å². The van der Waals surface area contributed by atoms with E-state index in [1.165, 1.54) is 18.2 Å². The summed E-state index contributed by atoms with van der Waals surface area (Å²) in [6.07, 6.45) is 0. The van der Waals surface area contributed by atoms with Gasteiger partial charge in [0.1, 0.15) is 0 Å². The second-order valence-electron chi connectivity index (χ2n) is 6.17. The third-order valence-electron chi connectivity index (χ3n) is 4.09. The first-order valence-electron chi connectivity index (χ1n) is 8.71. The van der Waals surface area contributed by atoms with Gasteiger partial charge in [0.25, 0.3) is 5.91 Å². The van der Waals surface area contributed by atoms with Crippen LogP contribution in [-0.4, -0.2) is 17.8 Å². The molecule has 0 radical (unpaired) electrons. The van der Waals surface area contributed by atoms with Gasteiger partial charge in [-0.1, -0.05) is 42.6 Å². The fourth-order valence-corrected chi connectivity index (χ4v) is 2.95. The lowest BCUT2D eigenvalue weighted by molar-refractivity contribution is 0.0997. The molecule has 3 rings (SSSR count). The molecule has 0 fully saturated rings. The number of primary amides is 1. The van der Waals surface area contributed by atoms with Crippen molar-refractivity contribution in [1.29, 1.82) is 0 Å². The highest BCUT2D eigenvalue weighted by atomic mass is 35.5. The number of nitrogens with two attached hydrogens (primary N) is 1. The average molecular weight is 441 g/mol. The second kappa shape index (κ2) is 9.34. The summed E-state index contributed by atoms with van der Waals surface area (Å²) < 4.78 is 1.07. The summed E-state index contributed by atoms with van der Waals surface area (Å²) in [7, 11) is 0. The Labute approximate surface area is 183 Å². The monoisotopic (exact) mass is 440 g/mol. The molecule has 0 aliphatic heterocycles. The number of rotatable bonds is 5. The van der Waals surface area contributed by atoms with Gasteiger partial charge < -0.3 is 16.4 Å². The van der Waals surface area contributed by atoms with E-state index in [9.17, 15) is 14.4 Å². The van der Waals surface area contributed by atoms with Crippen LogP contribution in [0.1, 0.15) is 20.7 Å². The zero-order valence-corrected chi connectivity index (χ0v) is 17.2. The van der Waals surface area contributed by atoms with Gasteiger partial charge in [-0.3, -0.25) is 9.59 Å². The lowest BCUT2D eigenvalue weighted by Gasteiger charge is -2.17. The third-order valence-corrected chi connectivity index (χ3v) is 4.82. The third kappa shape index (κ3) is 5.11. The van der Waals surface area contributed by atoms with Crippen molar-refractivity contribution in [3.8, 4) is 0 Å². The van der Waals surface area contributed by atoms with Gasteiger partial charge in [0.05, 0.1) is 16.4 Å². The van der Waals surface area contributed by atoms with Crippen LogP contribution in [0.2, 0.25) is 5.02 Å². The Morgan fingerprint density at radius 2 is 1.53 bits per heavy atom. The lowest BCUT2D eigenvalue weighted by atomic mass is 10.2. The summed E-state index contributed by atoms with van der Waals surface area (Å²) in [6, 6.07) is 19.0. The molecule has 0 aliphatic carbocycles. The number of urea groups is 1. The first kappa shape index (κ1) is 21.2. The largest absolute Gasteiger partial charge is 0.366 e. The minimum Gasteiger partial charge on any atom is -0.366 e. The van der Waals surface area contributed by atoms with Crippen molar-refractivity contribution in [1.82, 2.24) is 0 Å². The molecule has 0 aromatic heterocycles. The van der Waals surface area contributed by atoms with E-state index in [1.54, 1.807) is 48.5 Å². The topological polar surface area (TPSA) is 105 Å². The summed E-state index contributed by atoms with van der Waals surface area (Å²) >= 11 is 10.4. The minimum atomic E-state index is -0.564. The molecule has 0 atom stereocenters. The quantitative estimate of drug-likeness (QED) is 0.436. The van der Waals surface area contributed by atoms with Crippen molar-refractivity contribution in [3.05, 3.63) is 88.9 Å². The summed E-state index contributed by atoms with van der Waals surface area (Å²) in [6.45, 7) is 0. The van der Waals surface area contributed by atoms with E-state index in [4.69, 9.17) is 17.3 Å². The normalized spacial score (nSPS) is 10.2. The Kier molecular flexibility index (Phi) is 6.61. The molecule has 3 aromatic rings. The van der Waals surface area contributed by atoms with Crippen LogP contribution in [0.3, 0.4) is 0 Å². The summed E-state index contributed by atoms with van der Waals surface area (Å²) in [4.78, 5) is 35.8. The van der Waals surface area contributed by atoms with Crippen LogP contribution in [0.5, 0.6) is 0 Å². The van der Waals surface area contributed by atoms with E-state index in [2.05, 4.69) is 23.4 Å². The molecule has 4 amide bonds. The van der Waals surface area contributed by atoms with Gasteiger partial charge in [-0.15, -0.1) is 0 Å². The maximum absolute atomic E-state index is 12.4. The van der Waals surface area contributed by atoms with Gasteiger partial charge in [0.2, 0.25) is 5.91 Å². The average Bonchev–Trinajstić information content (AvgIpc) is 2.75. The Hall–Kier alpha value is -3.49. The number of hydrogen-bond acceptors (Lipinski definition) is 4. The van der Waals surface area contributed by atoms with Crippen LogP contribution in [0.25, 0.3) is 0 Å². The van der Waals surface area contributed by atoms with Gasteiger partial charge in [-0.25, -0.2) is 9.10 Å². The fraction of sp³-hybridized carbons (Fsp3) is 0. The lowest BCUT2D eigenvalue weighted by Crippen LogP contribution is -2.26. The molecule has 0 spiro atoms. The van der Waals surface area contributed by atoms with Crippen molar-refractivity contribution in [3.63, 3.8) is 0 Å². The smallest absolute Gasteiger partial charge is 0.336 e. The molecule has 0 saturated carbocycles. The molecule has 9 heteroatoms. The van der Waals surface area contributed by atoms with Crippen molar-refractivity contribution in [2.45, 2.75) is 0 Å². The zero-order valence-electron chi connectivity index (χ0n) is 15.5. The van der Waals surface area contributed by atoms with Crippen molar-refractivity contribution in [2.75, 3.05) is 14.9 Å². The van der Waals surface area contributed by atoms with E-state index in [0.29, 0.717) is 28.2 Å². The summed E-state index contributed by atoms with van der Waals surface area (Å²) in [5.74, 6) is -0.860. The van der Waals surface area contributed by atoms with Crippen LogP contribution in [0.4, 0.5) is 21.9 Å². The Morgan fingerprint density at radius 3 is 2.13 bits per heavy atom. The van der Waals surface area contributed by atoms with Gasteiger partial charge >= 0.3 is 6.03 Å². The molecular weight excluding hydrogens is 424 g/mol. The van der Waals surface area contributed by atoms with Gasteiger partial charge in [-0.2, -0.15) is 0 Å². The van der Waals surface area contributed by atoms with E-state index >= 15 is 0 Å². The van der Waals surface area contributed by atoms with E-state index < -0.39 is 11.9 Å². The van der Waals surface area contributed by atoms with E-state index in [1.807, 2.05) is 6.07 Å². The molecule has 4 N–H and O–H groups in total. The molecule has 152 valence electrons. The first-order valence-corrected chi connectivity index (χ1v) is 9.49. The zero-order chi connectivity index (χ0) is 21.7. The highest BCUT2D eigenvalue weighted by Gasteiger charge is 2.14. The van der Waals surface area contributed by atoms with Crippen LogP contribution < -0.4 is 20.7 Å². The number of thiol groups is 1. The van der Waals surface area contributed by atoms with E-state index in [0.717, 1.165) is 4.31 Å². The van der Waals surface area contributed by atoms with Crippen molar-refractivity contribution in [2.24, 2.45) is 5.73 Å². The molecule has 0 heterocycles. The Balaban J connectivity index is 1.66. The van der Waals surface area contributed by atoms with Gasteiger partial charge in [0.15, 0.2) is 0 Å². The number of carbonyl (C=O) groups excluding carboxylic acids is 3. The first-order chi connectivity index (χ1) is 14.3. The highest BCUT2D eigenvalue weighted by Crippen LogP contribution is 2.27. The molecule has 0 bridgehead atoms. The molecule has 0 saturated heterocycles. The predicted molar refractivity (Wildman–Crippen MR) is 121 cm³/mol. The maximum Gasteiger partial charge on any atom is 0.336 e. The highest BCUT2D eigenvalue weighted by molar-refractivity contribution is 7.82. The second-order valence-corrected chi connectivity index (χ2v) is 6.98. The van der Waals surface area contributed by atoms with Crippen molar-refractivity contribution >= 4 is 59.3 Å². The van der Waals surface area contributed by atoms with Crippen LogP contribution >= 0.6 is 24.4 Å². The SMILES string of the molecule is NC(=O)c1ccc(N(S)C(=O)Nc2ccc(NC(=O)c3ccccc3)c(Cl)c2)cc1. The number of hydrogen-bond donors (Lipinski definition) is 4. The van der Waals surface area contributed by atoms with Crippen molar-refractivity contribution < 1.29 is 14.4 Å². The number of nitrogens with one attached hydrogen (secondary N) is 2. The number of benzene rings is 3. The van der Waals surface area contributed by atoms with Gasteiger partial charge in [0, 0.05) is 16.8 Å². The summed E-state index contributed by atoms with van der Waals surface area (Å²) in [5, 5.41) is 5.63. The number of carbonyl (C=O) groups is 3. The van der Waals surface area contributed by atoms with E-state index in [-0.39, 0.29) is 10.9 Å². The maximum atomic E-state index is 12.4. The van der Waals surface area contributed by atoms with Crippen LogP contribution in [-0.2, 0) is 0 Å². The minimum absolute atomic E-state index is 0.258. The number of nitrogens with zero attached hydrogens (tertiary/aromatic N) is 1. The molecule has 0 aliphatic rings. The molecule has 30 heavy (non-hydrogen) atoms. The van der Waals surface area contributed by atoms with Gasteiger partial charge in [-0.05, 0) is 54.6 Å². The molecular formula is C21H17ClN4O3S. The fourth-order valence-electron chi connectivity index (χ4n) is 2.54. The standard InChI is InChI=1S/C21H17ClN4O3S/c22-17-12-15(8-11-18(17)25-20(28)14-4-2-1-3-5-14)24-21(29)26(30)16-9-6-13(7-10-16)19(23)27/h1-12,30H,(H2,23,27)(H,24,29)(H,25,28). The molecule has 7 nitrogen and oxygen atoms in total. The Morgan fingerprint density at radius 1 is 0.867 bits per heavy atom. The number of halogens is 1. The predicted octanol–water partition coefficient (Wildman–Crippen LogP) is 4.57. The summed E-state index contributed by atoms with van der Waals surface area (Å²) in [5.41, 5.74) is 7.29.